The number of thiazole rings is 1. The molecule has 0 bridgehead atoms. The second-order valence-electron chi connectivity index (χ2n) is 5.23. The topological polar surface area (TPSA) is 59.8 Å². The van der Waals surface area contributed by atoms with E-state index in [1.165, 1.54) is 0 Å². The van der Waals surface area contributed by atoms with E-state index in [0.29, 0.717) is 6.42 Å². The summed E-state index contributed by atoms with van der Waals surface area (Å²) in [6.45, 7) is 2.84. The van der Waals surface area contributed by atoms with Crippen LogP contribution in [0.5, 0.6) is 0 Å². The van der Waals surface area contributed by atoms with Crippen LogP contribution in [0.15, 0.2) is 17.1 Å². The van der Waals surface area contributed by atoms with Gasteiger partial charge in [-0.25, -0.2) is 9.97 Å². The molecule has 0 fully saturated rings. The first-order valence-corrected chi connectivity index (χ1v) is 7.84. The monoisotopic (exact) mass is 290 g/mol. The number of nitrogens with zero attached hydrogens (tertiary/aromatic N) is 3. The zero-order valence-corrected chi connectivity index (χ0v) is 12.3. The summed E-state index contributed by atoms with van der Waals surface area (Å²) in [7, 11) is 0. The SMILES string of the molecule is Cc1cn2c(n1)CCC(NC(=O)CCc1cscn1)C2. The highest BCUT2D eigenvalue weighted by Crippen LogP contribution is 2.15. The molecule has 0 saturated heterocycles. The molecule has 1 aliphatic rings. The fraction of sp³-hybridized carbons (Fsp3) is 0.500. The van der Waals surface area contributed by atoms with E-state index >= 15 is 0 Å². The van der Waals surface area contributed by atoms with Crippen LogP contribution in [0.4, 0.5) is 0 Å². The average Bonchev–Trinajstić information content (AvgIpc) is 3.04. The van der Waals surface area contributed by atoms with Gasteiger partial charge in [0.25, 0.3) is 0 Å². The van der Waals surface area contributed by atoms with Gasteiger partial charge in [-0.3, -0.25) is 4.79 Å². The van der Waals surface area contributed by atoms with Gasteiger partial charge in [-0.15, -0.1) is 11.3 Å². The molecule has 5 nitrogen and oxygen atoms in total. The molecule has 0 saturated carbocycles. The number of hydrogen-bond acceptors (Lipinski definition) is 4. The highest BCUT2D eigenvalue weighted by Gasteiger charge is 2.20. The summed E-state index contributed by atoms with van der Waals surface area (Å²) in [5.41, 5.74) is 3.86. The van der Waals surface area contributed by atoms with E-state index in [1.807, 2.05) is 12.3 Å². The summed E-state index contributed by atoms with van der Waals surface area (Å²) in [4.78, 5) is 20.6. The second-order valence-corrected chi connectivity index (χ2v) is 5.95. The van der Waals surface area contributed by atoms with Crippen molar-refractivity contribution in [1.29, 1.82) is 0 Å². The van der Waals surface area contributed by atoms with E-state index in [9.17, 15) is 4.79 Å². The molecule has 0 spiro atoms. The van der Waals surface area contributed by atoms with Gasteiger partial charge in [0.1, 0.15) is 5.82 Å². The van der Waals surface area contributed by atoms with Crippen molar-refractivity contribution >= 4 is 17.2 Å². The zero-order chi connectivity index (χ0) is 13.9. The quantitative estimate of drug-likeness (QED) is 0.932. The summed E-state index contributed by atoms with van der Waals surface area (Å²) in [6, 6.07) is 0.221. The molecule has 1 unspecified atom stereocenters. The zero-order valence-electron chi connectivity index (χ0n) is 11.5. The van der Waals surface area contributed by atoms with E-state index in [4.69, 9.17) is 0 Å². The van der Waals surface area contributed by atoms with Crippen LogP contribution < -0.4 is 5.32 Å². The van der Waals surface area contributed by atoms with Crippen molar-refractivity contribution in [3.8, 4) is 0 Å². The first-order chi connectivity index (χ1) is 9.70. The van der Waals surface area contributed by atoms with Crippen molar-refractivity contribution in [3.05, 3.63) is 34.3 Å². The standard InChI is InChI=1S/C14H18N4OS/c1-10-6-18-7-11(2-4-13(18)16-10)17-14(19)5-3-12-8-20-9-15-12/h6,8-9,11H,2-5,7H2,1H3,(H,17,19). The van der Waals surface area contributed by atoms with Crippen molar-refractivity contribution in [2.45, 2.75) is 45.2 Å². The molecule has 0 radical (unpaired) electrons. The molecular formula is C14H18N4OS. The molecule has 3 rings (SSSR count). The minimum atomic E-state index is 0.114. The van der Waals surface area contributed by atoms with Gasteiger partial charge in [-0.1, -0.05) is 0 Å². The van der Waals surface area contributed by atoms with Gasteiger partial charge in [0.05, 0.1) is 16.9 Å². The maximum atomic E-state index is 12.0. The van der Waals surface area contributed by atoms with Crippen molar-refractivity contribution in [2.24, 2.45) is 0 Å². The Morgan fingerprint density at radius 2 is 2.50 bits per heavy atom. The number of hydrogen-bond donors (Lipinski definition) is 1. The normalized spacial score (nSPS) is 17.8. The number of aryl methyl sites for hydroxylation is 3. The van der Waals surface area contributed by atoms with Crippen molar-refractivity contribution in [3.63, 3.8) is 0 Å². The third-order valence-corrected chi connectivity index (χ3v) is 4.21. The van der Waals surface area contributed by atoms with E-state index < -0.39 is 0 Å². The Balaban J connectivity index is 1.50. The fourth-order valence-electron chi connectivity index (χ4n) is 2.61. The second kappa shape index (κ2) is 5.75. The molecule has 1 aliphatic heterocycles. The van der Waals surface area contributed by atoms with Crippen LogP contribution in [0, 0.1) is 6.92 Å². The molecule has 6 heteroatoms. The van der Waals surface area contributed by atoms with Gasteiger partial charge in [0.2, 0.25) is 5.91 Å². The van der Waals surface area contributed by atoms with Crippen LogP contribution in [-0.4, -0.2) is 26.5 Å². The summed E-state index contributed by atoms with van der Waals surface area (Å²) < 4.78 is 2.16. The van der Waals surface area contributed by atoms with Gasteiger partial charge >= 0.3 is 0 Å². The minimum absolute atomic E-state index is 0.114. The molecule has 1 N–H and O–H groups in total. The van der Waals surface area contributed by atoms with E-state index in [-0.39, 0.29) is 11.9 Å². The predicted octanol–water partition coefficient (Wildman–Crippen LogP) is 1.71. The molecule has 2 aromatic heterocycles. The first-order valence-electron chi connectivity index (χ1n) is 6.90. The van der Waals surface area contributed by atoms with Gasteiger partial charge in [-0.2, -0.15) is 0 Å². The van der Waals surface area contributed by atoms with E-state index in [1.54, 1.807) is 16.8 Å². The Bertz CT molecular complexity index is 590. The highest BCUT2D eigenvalue weighted by molar-refractivity contribution is 7.07. The largest absolute Gasteiger partial charge is 0.352 e. The smallest absolute Gasteiger partial charge is 0.220 e. The molecule has 1 atom stereocenters. The van der Waals surface area contributed by atoms with Gasteiger partial charge in [0.15, 0.2) is 0 Å². The van der Waals surface area contributed by atoms with Crippen molar-refractivity contribution < 1.29 is 4.79 Å². The summed E-state index contributed by atoms with van der Waals surface area (Å²) >= 11 is 1.57. The third kappa shape index (κ3) is 3.07. The number of fused-ring (bicyclic) bond motifs is 1. The maximum Gasteiger partial charge on any atom is 0.220 e. The number of carbonyl (C=O) groups is 1. The number of rotatable bonds is 4. The summed E-state index contributed by atoms with van der Waals surface area (Å²) in [6.07, 6.45) is 5.19. The maximum absolute atomic E-state index is 12.0. The lowest BCUT2D eigenvalue weighted by molar-refractivity contribution is -0.122. The van der Waals surface area contributed by atoms with Crippen LogP contribution in [0.25, 0.3) is 0 Å². The Labute approximate surface area is 122 Å². The molecule has 3 heterocycles. The lowest BCUT2D eigenvalue weighted by Crippen LogP contribution is -2.40. The van der Waals surface area contributed by atoms with E-state index in [2.05, 4.69) is 26.0 Å². The Kier molecular flexibility index (Phi) is 3.82. The average molecular weight is 290 g/mol. The molecule has 20 heavy (non-hydrogen) atoms. The Hall–Kier alpha value is -1.69. The van der Waals surface area contributed by atoms with Crippen LogP contribution in [0.2, 0.25) is 0 Å². The highest BCUT2D eigenvalue weighted by atomic mass is 32.1. The first kappa shape index (κ1) is 13.3. The molecule has 2 aromatic rings. The Morgan fingerprint density at radius 3 is 3.30 bits per heavy atom. The number of nitrogens with one attached hydrogen (secondary N) is 1. The summed E-state index contributed by atoms with van der Waals surface area (Å²) in [5, 5.41) is 5.11. The molecule has 106 valence electrons. The van der Waals surface area contributed by atoms with Crippen LogP contribution in [0.1, 0.15) is 30.1 Å². The van der Waals surface area contributed by atoms with E-state index in [0.717, 1.165) is 43.0 Å². The minimum Gasteiger partial charge on any atom is -0.352 e. The number of imidazole rings is 1. The van der Waals surface area contributed by atoms with Crippen LogP contribution >= 0.6 is 11.3 Å². The molecule has 1 amide bonds. The third-order valence-electron chi connectivity index (χ3n) is 3.57. The van der Waals surface area contributed by atoms with Crippen molar-refractivity contribution in [1.82, 2.24) is 19.9 Å². The lowest BCUT2D eigenvalue weighted by Gasteiger charge is -2.24. The van der Waals surface area contributed by atoms with Gasteiger partial charge in [0, 0.05) is 37.0 Å². The van der Waals surface area contributed by atoms with Crippen molar-refractivity contribution in [2.75, 3.05) is 0 Å². The Morgan fingerprint density at radius 1 is 1.60 bits per heavy atom. The molecule has 0 aromatic carbocycles. The summed E-state index contributed by atoms with van der Waals surface area (Å²) in [5.74, 6) is 1.25. The number of aromatic nitrogens is 3. The van der Waals surface area contributed by atoms with Gasteiger partial charge < -0.3 is 9.88 Å². The molecular weight excluding hydrogens is 272 g/mol. The van der Waals surface area contributed by atoms with Crippen LogP contribution in [-0.2, 0) is 24.2 Å². The number of amides is 1. The molecule has 0 aliphatic carbocycles. The fourth-order valence-corrected chi connectivity index (χ4v) is 3.20. The predicted molar refractivity (Wildman–Crippen MR) is 77.7 cm³/mol. The number of carbonyl (C=O) groups excluding carboxylic acids is 1. The van der Waals surface area contributed by atoms with Gasteiger partial charge in [-0.05, 0) is 19.8 Å². The lowest BCUT2D eigenvalue weighted by atomic mass is 10.1. The van der Waals surface area contributed by atoms with Crippen LogP contribution in [0.3, 0.4) is 0 Å².